The summed E-state index contributed by atoms with van der Waals surface area (Å²) < 4.78 is 17.6. The number of H-pyrrole nitrogens is 2. The molecule has 10 nitrogen and oxygen atoms in total. The van der Waals surface area contributed by atoms with E-state index >= 15 is 0 Å². The van der Waals surface area contributed by atoms with Gasteiger partial charge in [0.05, 0.1) is 11.4 Å². The van der Waals surface area contributed by atoms with Crippen LogP contribution in [0.15, 0.2) is 79.4 Å². The third-order valence-corrected chi connectivity index (χ3v) is 9.78. The van der Waals surface area contributed by atoms with E-state index in [0.29, 0.717) is 23.5 Å². The summed E-state index contributed by atoms with van der Waals surface area (Å²) in [6, 6.07) is 17.0. The lowest BCUT2D eigenvalue weighted by atomic mass is 9.85. The molecule has 2 aliphatic carbocycles. The van der Waals surface area contributed by atoms with Gasteiger partial charge < -0.3 is 21.4 Å². The fourth-order valence-corrected chi connectivity index (χ4v) is 6.89. The number of imidazole rings is 2. The van der Waals surface area contributed by atoms with E-state index in [-0.39, 0.29) is 5.82 Å². The number of nitrogens with one attached hydrogen (secondary N) is 2. The molecule has 2 saturated carbocycles. The first-order chi connectivity index (χ1) is 23.0. The number of fused-ring (bicyclic) bond motifs is 4. The fourth-order valence-electron chi connectivity index (χ4n) is 6.89. The number of nitrogen functional groups attached to an aromatic ring is 2. The number of hydrogen-bond acceptors (Lipinski definition) is 6. The smallest absolute Gasteiger partial charge is 0.150 e. The van der Waals surface area contributed by atoms with E-state index in [1.165, 1.54) is 43.2 Å². The van der Waals surface area contributed by atoms with Gasteiger partial charge in [0.25, 0.3) is 0 Å². The van der Waals surface area contributed by atoms with Crippen LogP contribution in [0.5, 0.6) is 0 Å². The summed E-state index contributed by atoms with van der Waals surface area (Å²) in [7, 11) is 0. The van der Waals surface area contributed by atoms with Gasteiger partial charge in [0.2, 0.25) is 0 Å². The van der Waals surface area contributed by atoms with Gasteiger partial charge in [0.1, 0.15) is 51.5 Å². The summed E-state index contributed by atoms with van der Waals surface area (Å²) in [5, 5.41) is 2.00. The molecule has 234 valence electrons. The summed E-state index contributed by atoms with van der Waals surface area (Å²) in [5.41, 5.74) is 19.5. The van der Waals surface area contributed by atoms with E-state index in [1.807, 2.05) is 35.0 Å². The predicted molar refractivity (Wildman–Crippen MR) is 183 cm³/mol. The topological polar surface area (TPSA) is 144 Å². The number of para-hydroxylation sites is 1. The van der Waals surface area contributed by atoms with Gasteiger partial charge in [-0.05, 0) is 62.1 Å². The molecule has 8 aromatic rings. The molecule has 0 radical (unpaired) electrons. The minimum Gasteiger partial charge on any atom is -0.382 e. The van der Waals surface area contributed by atoms with Crippen molar-refractivity contribution >= 4 is 44.5 Å². The van der Waals surface area contributed by atoms with Crippen LogP contribution in [-0.2, 0) is 0 Å². The molecule has 0 bridgehead atoms. The van der Waals surface area contributed by atoms with Gasteiger partial charge in [-0.1, -0.05) is 31.0 Å². The Labute approximate surface area is 268 Å². The van der Waals surface area contributed by atoms with Gasteiger partial charge in [0, 0.05) is 58.4 Å². The predicted octanol–water partition coefficient (Wildman–Crippen LogP) is 7.59. The molecule has 2 aliphatic rings. The minimum absolute atomic E-state index is 0.251. The lowest BCUT2D eigenvalue weighted by molar-refractivity contribution is 0.400. The van der Waals surface area contributed by atoms with Crippen molar-refractivity contribution in [3.63, 3.8) is 0 Å². The first-order valence-electron chi connectivity index (χ1n) is 16.1. The second kappa shape index (κ2) is 10.7. The number of nitrogens with zero attached hydrogens (tertiary/aromatic N) is 6. The molecule has 0 atom stereocenters. The number of hydrogen-bond donors (Lipinski definition) is 4. The SMILES string of the molecule is Nc1nccn2c(C3CCC3)nc(-c3cc4cc(F)ccc4[nH]3)c12.Nc1nccn2c(C3CCC3)nc(-c3cc4ccccc4[nH]3)c12. The third kappa shape index (κ3) is 4.52. The summed E-state index contributed by atoms with van der Waals surface area (Å²) in [6.45, 7) is 0. The molecule has 6 aromatic heterocycles. The highest BCUT2D eigenvalue weighted by Crippen LogP contribution is 2.41. The van der Waals surface area contributed by atoms with E-state index in [2.05, 4.69) is 42.5 Å². The highest BCUT2D eigenvalue weighted by atomic mass is 19.1. The monoisotopic (exact) mass is 624 g/mol. The van der Waals surface area contributed by atoms with E-state index in [4.69, 9.17) is 21.4 Å². The minimum atomic E-state index is -0.251. The Kier molecular flexibility index (Phi) is 6.27. The molecule has 47 heavy (non-hydrogen) atoms. The Hall–Kier alpha value is -5.71. The maximum absolute atomic E-state index is 13.5. The zero-order valence-corrected chi connectivity index (χ0v) is 25.6. The van der Waals surface area contributed by atoms with Crippen LogP contribution in [0.1, 0.15) is 62.0 Å². The van der Waals surface area contributed by atoms with Crippen LogP contribution in [0.4, 0.5) is 16.0 Å². The van der Waals surface area contributed by atoms with Crippen molar-refractivity contribution in [1.29, 1.82) is 0 Å². The van der Waals surface area contributed by atoms with Gasteiger partial charge in [-0.3, -0.25) is 8.80 Å². The zero-order chi connectivity index (χ0) is 31.6. The first kappa shape index (κ1) is 27.6. The van der Waals surface area contributed by atoms with E-state index in [0.717, 1.165) is 74.7 Å². The van der Waals surface area contributed by atoms with Gasteiger partial charge >= 0.3 is 0 Å². The van der Waals surface area contributed by atoms with Crippen molar-refractivity contribution in [2.75, 3.05) is 11.5 Å². The van der Waals surface area contributed by atoms with Crippen molar-refractivity contribution in [2.45, 2.75) is 50.4 Å². The quantitative estimate of drug-likeness (QED) is 0.159. The average Bonchev–Trinajstić information content (AvgIpc) is 3.79. The number of rotatable bonds is 4. The summed E-state index contributed by atoms with van der Waals surface area (Å²) >= 11 is 0. The van der Waals surface area contributed by atoms with Gasteiger partial charge in [-0.25, -0.2) is 24.3 Å². The lowest BCUT2D eigenvalue weighted by Gasteiger charge is -2.23. The number of aromatic nitrogens is 8. The third-order valence-electron chi connectivity index (χ3n) is 9.78. The van der Waals surface area contributed by atoms with Crippen LogP contribution in [0.25, 0.3) is 55.6 Å². The average molecular weight is 625 g/mol. The Balaban J connectivity index is 0.000000129. The van der Waals surface area contributed by atoms with Crippen LogP contribution >= 0.6 is 0 Å². The molecule has 0 aliphatic heterocycles. The molecule has 2 fully saturated rings. The molecule has 0 saturated heterocycles. The van der Waals surface area contributed by atoms with E-state index in [1.54, 1.807) is 18.5 Å². The van der Waals surface area contributed by atoms with Gasteiger partial charge in [-0.2, -0.15) is 0 Å². The number of benzene rings is 2. The molecule has 6 heterocycles. The Bertz CT molecular complexity index is 2410. The van der Waals surface area contributed by atoms with Crippen molar-refractivity contribution in [3.05, 3.63) is 96.9 Å². The highest BCUT2D eigenvalue weighted by molar-refractivity contribution is 5.92. The Morgan fingerprint density at radius 2 is 1.19 bits per heavy atom. The molecular weight excluding hydrogens is 591 g/mol. The van der Waals surface area contributed by atoms with Crippen LogP contribution in [0.2, 0.25) is 0 Å². The normalized spacial score (nSPS) is 15.3. The Morgan fingerprint density at radius 1 is 0.660 bits per heavy atom. The number of anilines is 2. The fraction of sp³-hybridized carbons (Fsp3) is 0.222. The number of nitrogens with two attached hydrogens (primary N) is 2. The van der Waals surface area contributed by atoms with Gasteiger partial charge in [0.15, 0.2) is 0 Å². The molecule has 2 aromatic carbocycles. The van der Waals surface area contributed by atoms with Crippen molar-refractivity contribution in [1.82, 2.24) is 38.7 Å². The maximum atomic E-state index is 13.5. The van der Waals surface area contributed by atoms with Crippen LogP contribution in [-0.4, -0.2) is 38.7 Å². The van der Waals surface area contributed by atoms with Crippen molar-refractivity contribution in [3.8, 4) is 22.8 Å². The van der Waals surface area contributed by atoms with Crippen molar-refractivity contribution in [2.24, 2.45) is 0 Å². The van der Waals surface area contributed by atoms with Crippen LogP contribution in [0, 0.1) is 5.82 Å². The van der Waals surface area contributed by atoms with E-state index in [9.17, 15) is 4.39 Å². The Morgan fingerprint density at radius 3 is 1.72 bits per heavy atom. The second-order valence-electron chi connectivity index (χ2n) is 12.6. The van der Waals surface area contributed by atoms with Crippen molar-refractivity contribution < 1.29 is 4.39 Å². The molecule has 0 spiro atoms. The molecular formula is C36H33FN10. The summed E-state index contributed by atoms with van der Waals surface area (Å²) in [6.07, 6.45) is 14.6. The molecule has 0 amide bonds. The largest absolute Gasteiger partial charge is 0.382 e. The van der Waals surface area contributed by atoms with Crippen LogP contribution < -0.4 is 11.5 Å². The van der Waals surface area contributed by atoms with Gasteiger partial charge in [-0.15, -0.1) is 0 Å². The number of halogens is 1. The highest BCUT2D eigenvalue weighted by Gasteiger charge is 2.28. The van der Waals surface area contributed by atoms with E-state index < -0.39 is 0 Å². The first-order valence-corrected chi connectivity index (χ1v) is 16.1. The van der Waals surface area contributed by atoms with Crippen LogP contribution in [0.3, 0.4) is 0 Å². The standard InChI is InChI=1S/C18H16FN5.C18H17N5/c19-12-4-5-13-11(8-12)9-14(22-13)15-16-17(20)21-6-7-24(16)18(23-15)10-2-1-3-10;19-17-16-15(14-10-12-4-1-2-7-13(12)21-14)22-18(11-5-3-6-11)23(16)9-8-20-17/h4-10,22H,1-3H2,(H2,20,21);1-2,4,7-11,21H,3,5-6H2,(H2,19,20). The summed E-state index contributed by atoms with van der Waals surface area (Å²) in [4.78, 5) is 25.1. The second-order valence-corrected chi connectivity index (χ2v) is 12.6. The molecule has 10 rings (SSSR count). The number of aromatic amines is 2. The summed E-state index contributed by atoms with van der Waals surface area (Å²) in [5.74, 6) is 3.87. The lowest BCUT2D eigenvalue weighted by Crippen LogP contribution is -2.12. The molecule has 11 heteroatoms. The molecule has 0 unspecified atom stereocenters. The zero-order valence-electron chi connectivity index (χ0n) is 25.6. The maximum Gasteiger partial charge on any atom is 0.150 e. The molecule has 6 N–H and O–H groups in total.